The van der Waals surface area contributed by atoms with Crippen molar-refractivity contribution in [1.82, 2.24) is 19.9 Å². The molecule has 4 aromatic rings. The maximum atomic E-state index is 12.1. The Kier molecular flexibility index (Phi) is 6.54. The van der Waals surface area contributed by atoms with Crippen molar-refractivity contribution < 1.29 is 4.79 Å². The minimum absolute atomic E-state index is 0.338. The lowest BCUT2D eigenvalue weighted by atomic mass is 10.1. The SMILES string of the molecule is N#Cc1ccc(NC(=O)NCCNc2cc(-c3ccccc3Cl)nc3c(Br)cnn23)cc1. The number of carbonyl (C=O) groups excluding carboxylic acids is 1. The summed E-state index contributed by atoms with van der Waals surface area (Å²) in [5, 5.41) is 22.6. The van der Waals surface area contributed by atoms with Crippen molar-refractivity contribution in [3.8, 4) is 17.3 Å². The van der Waals surface area contributed by atoms with Gasteiger partial charge in [0.05, 0.1) is 28.0 Å². The number of urea groups is 1. The largest absolute Gasteiger partial charge is 0.368 e. The van der Waals surface area contributed by atoms with Crippen molar-refractivity contribution in [2.45, 2.75) is 0 Å². The Balaban J connectivity index is 1.42. The zero-order valence-electron chi connectivity index (χ0n) is 16.6. The van der Waals surface area contributed by atoms with Crippen LogP contribution in [-0.2, 0) is 0 Å². The first-order chi connectivity index (χ1) is 15.5. The Morgan fingerprint density at radius 3 is 2.69 bits per heavy atom. The Hall–Kier alpha value is -3.61. The Bertz CT molecular complexity index is 1310. The van der Waals surface area contributed by atoms with Gasteiger partial charge in [-0.05, 0) is 46.3 Å². The van der Waals surface area contributed by atoms with Gasteiger partial charge in [0.15, 0.2) is 5.65 Å². The fourth-order valence-electron chi connectivity index (χ4n) is 3.04. The van der Waals surface area contributed by atoms with Gasteiger partial charge in [-0.3, -0.25) is 0 Å². The van der Waals surface area contributed by atoms with Crippen LogP contribution in [0, 0.1) is 11.3 Å². The second kappa shape index (κ2) is 9.68. The van der Waals surface area contributed by atoms with E-state index in [9.17, 15) is 4.79 Å². The number of nitriles is 1. The van der Waals surface area contributed by atoms with Gasteiger partial charge in [0.2, 0.25) is 0 Å². The molecule has 3 N–H and O–H groups in total. The fraction of sp³-hybridized carbons (Fsp3) is 0.0909. The molecule has 0 spiro atoms. The minimum Gasteiger partial charge on any atom is -0.368 e. The molecule has 0 aliphatic carbocycles. The van der Waals surface area contributed by atoms with E-state index in [2.05, 4.69) is 42.0 Å². The highest BCUT2D eigenvalue weighted by Gasteiger charge is 2.13. The minimum atomic E-state index is -0.338. The van der Waals surface area contributed by atoms with Gasteiger partial charge in [0.1, 0.15) is 5.82 Å². The normalized spacial score (nSPS) is 10.5. The summed E-state index contributed by atoms with van der Waals surface area (Å²) in [5.41, 5.74) is 3.31. The number of nitrogens with zero attached hydrogens (tertiary/aromatic N) is 4. The topological polar surface area (TPSA) is 107 Å². The fourth-order valence-corrected chi connectivity index (χ4v) is 3.62. The molecule has 0 bridgehead atoms. The lowest BCUT2D eigenvalue weighted by Crippen LogP contribution is -2.32. The van der Waals surface area contributed by atoms with E-state index in [4.69, 9.17) is 16.9 Å². The number of halogens is 2. The Morgan fingerprint density at radius 2 is 1.94 bits per heavy atom. The second-order valence-electron chi connectivity index (χ2n) is 6.73. The number of carbonyl (C=O) groups is 1. The molecule has 0 saturated carbocycles. The molecule has 0 fully saturated rings. The van der Waals surface area contributed by atoms with Gasteiger partial charge in [0, 0.05) is 35.4 Å². The zero-order chi connectivity index (χ0) is 22.5. The van der Waals surface area contributed by atoms with Gasteiger partial charge in [-0.25, -0.2) is 9.78 Å². The lowest BCUT2D eigenvalue weighted by Gasteiger charge is -2.12. The molecule has 0 saturated heterocycles. The summed E-state index contributed by atoms with van der Waals surface area (Å²) < 4.78 is 2.44. The van der Waals surface area contributed by atoms with Gasteiger partial charge in [-0.1, -0.05) is 29.8 Å². The molecule has 0 aliphatic heterocycles. The molecular formula is C22H17BrClN7O. The van der Waals surface area contributed by atoms with E-state index in [1.165, 1.54) is 0 Å². The molecule has 0 atom stereocenters. The maximum Gasteiger partial charge on any atom is 0.319 e. The summed E-state index contributed by atoms with van der Waals surface area (Å²) in [6.45, 7) is 0.829. The number of nitrogens with one attached hydrogen (secondary N) is 3. The Morgan fingerprint density at radius 1 is 1.16 bits per heavy atom. The molecule has 2 amide bonds. The van der Waals surface area contributed by atoms with Crippen LogP contribution in [0.15, 0.2) is 65.3 Å². The van der Waals surface area contributed by atoms with Crippen molar-refractivity contribution in [2.24, 2.45) is 0 Å². The van der Waals surface area contributed by atoms with Crippen LogP contribution in [0.3, 0.4) is 0 Å². The van der Waals surface area contributed by atoms with E-state index in [1.807, 2.05) is 36.4 Å². The number of anilines is 2. The first-order valence-corrected chi connectivity index (χ1v) is 10.8. The summed E-state index contributed by atoms with van der Waals surface area (Å²) in [4.78, 5) is 16.8. The van der Waals surface area contributed by atoms with Gasteiger partial charge < -0.3 is 16.0 Å². The predicted octanol–water partition coefficient (Wildman–Crippen LogP) is 4.92. The summed E-state index contributed by atoms with van der Waals surface area (Å²) in [6.07, 6.45) is 1.67. The third kappa shape index (κ3) is 4.82. The first kappa shape index (κ1) is 21.6. The second-order valence-corrected chi connectivity index (χ2v) is 7.99. The molecule has 2 aromatic carbocycles. The van der Waals surface area contributed by atoms with Crippen LogP contribution in [0.1, 0.15) is 5.56 Å². The number of rotatable bonds is 6. The molecule has 32 heavy (non-hydrogen) atoms. The zero-order valence-corrected chi connectivity index (χ0v) is 19.0. The molecular weight excluding hydrogens is 494 g/mol. The van der Waals surface area contributed by atoms with Crippen LogP contribution < -0.4 is 16.0 Å². The number of aromatic nitrogens is 3. The number of fused-ring (bicyclic) bond motifs is 1. The molecule has 2 heterocycles. The van der Waals surface area contributed by atoms with Crippen LogP contribution in [0.2, 0.25) is 5.02 Å². The van der Waals surface area contributed by atoms with E-state index in [0.717, 1.165) is 10.0 Å². The van der Waals surface area contributed by atoms with Crippen molar-refractivity contribution >= 4 is 50.7 Å². The molecule has 0 unspecified atom stereocenters. The van der Waals surface area contributed by atoms with Crippen LogP contribution in [-0.4, -0.2) is 33.7 Å². The highest BCUT2D eigenvalue weighted by Crippen LogP contribution is 2.30. The molecule has 4 rings (SSSR count). The third-order valence-electron chi connectivity index (χ3n) is 4.57. The number of hydrogen-bond acceptors (Lipinski definition) is 5. The quantitative estimate of drug-likeness (QED) is 0.319. The molecule has 10 heteroatoms. The first-order valence-electron chi connectivity index (χ1n) is 9.63. The molecule has 0 radical (unpaired) electrons. The summed E-state index contributed by atoms with van der Waals surface area (Å²) in [5.74, 6) is 0.713. The molecule has 8 nitrogen and oxygen atoms in total. The van der Waals surface area contributed by atoms with E-state index in [-0.39, 0.29) is 6.03 Å². The predicted molar refractivity (Wildman–Crippen MR) is 128 cm³/mol. The average molecular weight is 511 g/mol. The summed E-state index contributed by atoms with van der Waals surface area (Å²) >= 11 is 9.83. The highest BCUT2D eigenvalue weighted by molar-refractivity contribution is 9.10. The lowest BCUT2D eigenvalue weighted by molar-refractivity contribution is 0.252. The van der Waals surface area contributed by atoms with Gasteiger partial charge in [-0.2, -0.15) is 14.9 Å². The smallest absolute Gasteiger partial charge is 0.319 e. The molecule has 0 aliphatic rings. The van der Waals surface area contributed by atoms with E-state index < -0.39 is 0 Å². The van der Waals surface area contributed by atoms with Crippen LogP contribution in [0.5, 0.6) is 0 Å². The number of hydrogen-bond donors (Lipinski definition) is 3. The van der Waals surface area contributed by atoms with Crippen LogP contribution in [0.4, 0.5) is 16.3 Å². The van der Waals surface area contributed by atoms with Gasteiger partial charge >= 0.3 is 6.03 Å². The number of amides is 2. The van der Waals surface area contributed by atoms with Crippen molar-refractivity contribution in [3.63, 3.8) is 0 Å². The van der Waals surface area contributed by atoms with Gasteiger partial charge in [-0.15, -0.1) is 0 Å². The van der Waals surface area contributed by atoms with E-state index >= 15 is 0 Å². The van der Waals surface area contributed by atoms with E-state index in [1.54, 1.807) is 35.0 Å². The van der Waals surface area contributed by atoms with Crippen molar-refractivity contribution in [1.29, 1.82) is 5.26 Å². The van der Waals surface area contributed by atoms with Crippen LogP contribution in [0.25, 0.3) is 16.9 Å². The van der Waals surface area contributed by atoms with Crippen molar-refractivity contribution in [3.05, 3.63) is 75.9 Å². The molecule has 160 valence electrons. The third-order valence-corrected chi connectivity index (χ3v) is 5.46. The summed E-state index contributed by atoms with van der Waals surface area (Å²) in [7, 11) is 0. The monoisotopic (exact) mass is 509 g/mol. The van der Waals surface area contributed by atoms with Gasteiger partial charge in [0.25, 0.3) is 0 Å². The molecule has 2 aromatic heterocycles. The Labute approximate surface area is 197 Å². The average Bonchev–Trinajstić information content (AvgIpc) is 3.18. The maximum absolute atomic E-state index is 12.1. The van der Waals surface area contributed by atoms with E-state index in [0.29, 0.717) is 46.5 Å². The highest BCUT2D eigenvalue weighted by atomic mass is 79.9. The standard InChI is InChI=1S/C22H17BrClN7O/c23-17-13-28-31-20(11-19(30-21(17)31)16-3-1-2-4-18(16)24)26-9-10-27-22(32)29-15-7-5-14(12-25)6-8-15/h1-8,11,13,26H,9-10H2,(H2,27,29,32). The summed E-state index contributed by atoms with van der Waals surface area (Å²) in [6, 6.07) is 17.7. The van der Waals surface area contributed by atoms with Crippen LogP contribution >= 0.6 is 27.5 Å². The number of benzene rings is 2. The van der Waals surface area contributed by atoms with Crippen molar-refractivity contribution in [2.75, 3.05) is 23.7 Å².